The summed E-state index contributed by atoms with van der Waals surface area (Å²) >= 11 is 0. The van der Waals surface area contributed by atoms with Gasteiger partial charge < -0.3 is 9.47 Å². The first kappa shape index (κ1) is 17.1. The number of nitrogens with zero attached hydrogens (tertiary/aromatic N) is 3. The molecule has 0 radical (unpaired) electrons. The number of morpholine rings is 1. The Morgan fingerprint density at radius 2 is 2.04 bits per heavy atom. The van der Waals surface area contributed by atoms with Crippen LogP contribution in [0.25, 0.3) is 10.8 Å². The third-order valence-electron chi connectivity index (χ3n) is 5.01. The maximum Gasteiger partial charge on any atom is 0.119 e. The molecule has 0 saturated carbocycles. The Balaban J connectivity index is 1.49. The van der Waals surface area contributed by atoms with Gasteiger partial charge in [0.2, 0.25) is 0 Å². The fourth-order valence-corrected chi connectivity index (χ4v) is 3.54. The van der Waals surface area contributed by atoms with Crippen LogP contribution in [0.1, 0.15) is 24.2 Å². The third-order valence-corrected chi connectivity index (χ3v) is 5.01. The average molecular weight is 351 g/mol. The Morgan fingerprint density at radius 3 is 2.85 bits per heavy atom. The summed E-state index contributed by atoms with van der Waals surface area (Å²) in [5, 5.41) is 6.78. The van der Waals surface area contributed by atoms with E-state index < -0.39 is 0 Å². The molecule has 5 nitrogen and oxygen atoms in total. The molecule has 1 aromatic heterocycles. The molecule has 0 bridgehead atoms. The Kier molecular flexibility index (Phi) is 4.91. The van der Waals surface area contributed by atoms with Gasteiger partial charge in [-0.1, -0.05) is 18.2 Å². The van der Waals surface area contributed by atoms with Gasteiger partial charge in [-0.2, -0.15) is 5.10 Å². The van der Waals surface area contributed by atoms with E-state index in [0.29, 0.717) is 0 Å². The van der Waals surface area contributed by atoms with Crippen molar-refractivity contribution in [1.29, 1.82) is 0 Å². The number of fused-ring (bicyclic) bond motifs is 1. The van der Waals surface area contributed by atoms with E-state index in [-0.39, 0.29) is 6.10 Å². The lowest BCUT2D eigenvalue weighted by Gasteiger charge is -2.33. The highest BCUT2D eigenvalue weighted by molar-refractivity contribution is 5.84. The van der Waals surface area contributed by atoms with Crippen molar-refractivity contribution in [3.05, 3.63) is 59.9 Å². The summed E-state index contributed by atoms with van der Waals surface area (Å²) in [6.45, 7) is 6.56. The van der Waals surface area contributed by atoms with Gasteiger partial charge in [0.05, 0.1) is 26.0 Å². The minimum Gasteiger partial charge on any atom is -0.497 e. The van der Waals surface area contributed by atoms with E-state index in [9.17, 15) is 0 Å². The van der Waals surface area contributed by atoms with E-state index in [4.69, 9.17) is 9.47 Å². The van der Waals surface area contributed by atoms with Crippen LogP contribution in [0.15, 0.2) is 48.8 Å². The quantitative estimate of drug-likeness (QED) is 0.704. The smallest absolute Gasteiger partial charge is 0.119 e. The number of benzene rings is 2. The van der Waals surface area contributed by atoms with Crippen LogP contribution in [0.2, 0.25) is 0 Å². The fourth-order valence-electron chi connectivity index (χ4n) is 3.54. The topological polar surface area (TPSA) is 39.5 Å². The number of ether oxygens (including phenoxy) is 2. The highest BCUT2D eigenvalue weighted by Crippen LogP contribution is 2.28. The molecule has 1 atom stereocenters. The van der Waals surface area contributed by atoms with Crippen LogP contribution in [0.5, 0.6) is 5.75 Å². The first-order valence-corrected chi connectivity index (χ1v) is 9.18. The van der Waals surface area contributed by atoms with Crippen LogP contribution in [-0.4, -0.2) is 41.5 Å². The Labute approximate surface area is 154 Å². The van der Waals surface area contributed by atoms with E-state index >= 15 is 0 Å². The average Bonchev–Trinajstić information content (AvgIpc) is 3.15. The number of hydrogen-bond acceptors (Lipinski definition) is 4. The molecule has 1 aliphatic heterocycles. The van der Waals surface area contributed by atoms with Crippen molar-refractivity contribution in [2.45, 2.75) is 26.1 Å². The van der Waals surface area contributed by atoms with Gasteiger partial charge in [0.1, 0.15) is 5.75 Å². The van der Waals surface area contributed by atoms with Crippen molar-refractivity contribution in [1.82, 2.24) is 14.7 Å². The summed E-state index contributed by atoms with van der Waals surface area (Å²) < 4.78 is 13.4. The lowest BCUT2D eigenvalue weighted by atomic mass is 10.0. The number of aromatic nitrogens is 2. The molecule has 0 unspecified atom stereocenters. The minimum absolute atomic E-state index is 0.108. The number of methoxy groups -OCH3 is 1. The Morgan fingerprint density at radius 1 is 1.19 bits per heavy atom. The zero-order valence-electron chi connectivity index (χ0n) is 15.4. The Hall–Kier alpha value is -2.37. The van der Waals surface area contributed by atoms with E-state index in [1.807, 2.05) is 16.9 Å². The molecule has 0 spiro atoms. The molecule has 5 heteroatoms. The standard InChI is InChI=1S/C21H25N3O2/c1-3-24-14-16(12-22-24)13-23-8-9-26-21(15-23)19-5-4-18-11-20(25-2)7-6-17(18)10-19/h4-7,10-12,14,21H,3,8-9,13,15H2,1-2H3/t21-/m0/s1. The van der Waals surface area contributed by atoms with Gasteiger partial charge >= 0.3 is 0 Å². The van der Waals surface area contributed by atoms with Crippen LogP contribution in [0.4, 0.5) is 0 Å². The molecule has 4 rings (SSSR count). The minimum atomic E-state index is 0.108. The summed E-state index contributed by atoms with van der Waals surface area (Å²) in [6, 6.07) is 12.7. The molecule has 136 valence electrons. The van der Waals surface area contributed by atoms with Crippen molar-refractivity contribution >= 4 is 10.8 Å². The number of rotatable bonds is 5. The van der Waals surface area contributed by atoms with Crippen molar-refractivity contribution in [2.75, 3.05) is 26.8 Å². The van der Waals surface area contributed by atoms with Crippen molar-refractivity contribution in [3.63, 3.8) is 0 Å². The normalized spacial score (nSPS) is 18.3. The molecule has 0 N–H and O–H groups in total. The molecular formula is C21H25N3O2. The molecular weight excluding hydrogens is 326 g/mol. The SMILES string of the molecule is CCn1cc(CN2CCO[C@H](c3ccc4cc(OC)ccc4c3)C2)cn1. The first-order valence-electron chi connectivity index (χ1n) is 9.18. The van der Waals surface area contributed by atoms with Crippen LogP contribution >= 0.6 is 0 Å². The van der Waals surface area contributed by atoms with Gasteiger partial charge in [0.15, 0.2) is 0 Å². The fraction of sp³-hybridized carbons (Fsp3) is 0.381. The van der Waals surface area contributed by atoms with Crippen LogP contribution in [-0.2, 0) is 17.8 Å². The van der Waals surface area contributed by atoms with Crippen molar-refractivity contribution < 1.29 is 9.47 Å². The summed E-state index contributed by atoms with van der Waals surface area (Å²) in [5.74, 6) is 0.887. The van der Waals surface area contributed by atoms with Crippen molar-refractivity contribution in [3.8, 4) is 5.75 Å². The third kappa shape index (κ3) is 3.59. The van der Waals surface area contributed by atoms with Gasteiger partial charge in [0, 0.05) is 37.9 Å². The summed E-state index contributed by atoms with van der Waals surface area (Å²) in [4.78, 5) is 2.45. The molecule has 1 aliphatic rings. The molecule has 3 aromatic rings. The predicted molar refractivity (Wildman–Crippen MR) is 102 cm³/mol. The van der Waals surface area contributed by atoms with E-state index in [1.165, 1.54) is 21.9 Å². The predicted octanol–water partition coefficient (Wildman–Crippen LogP) is 3.64. The first-order chi connectivity index (χ1) is 12.7. The lowest BCUT2D eigenvalue weighted by molar-refractivity contribution is -0.0328. The molecule has 0 amide bonds. The monoisotopic (exact) mass is 351 g/mol. The second-order valence-corrected chi connectivity index (χ2v) is 6.77. The van der Waals surface area contributed by atoms with E-state index in [2.05, 4.69) is 53.5 Å². The van der Waals surface area contributed by atoms with Crippen molar-refractivity contribution in [2.24, 2.45) is 0 Å². The zero-order chi connectivity index (χ0) is 17.9. The van der Waals surface area contributed by atoms with E-state index in [0.717, 1.165) is 38.5 Å². The molecule has 1 fully saturated rings. The summed E-state index contributed by atoms with van der Waals surface area (Å²) in [6.07, 6.45) is 4.21. The van der Waals surface area contributed by atoms with Gasteiger partial charge in [-0.25, -0.2) is 0 Å². The second kappa shape index (κ2) is 7.48. The summed E-state index contributed by atoms with van der Waals surface area (Å²) in [7, 11) is 1.70. The maximum atomic E-state index is 6.06. The van der Waals surface area contributed by atoms with Crippen LogP contribution in [0.3, 0.4) is 0 Å². The zero-order valence-corrected chi connectivity index (χ0v) is 15.4. The molecule has 26 heavy (non-hydrogen) atoms. The van der Waals surface area contributed by atoms with Crippen LogP contribution in [0, 0.1) is 0 Å². The van der Waals surface area contributed by atoms with Gasteiger partial charge in [-0.15, -0.1) is 0 Å². The second-order valence-electron chi connectivity index (χ2n) is 6.77. The highest BCUT2D eigenvalue weighted by Gasteiger charge is 2.22. The lowest BCUT2D eigenvalue weighted by Crippen LogP contribution is -2.37. The maximum absolute atomic E-state index is 6.06. The molecule has 0 aliphatic carbocycles. The van der Waals surface area contributed by atoms with Gasteiger partial charge in [0.25, 0.3) is 0 Å². The molecule has 2 aromatic carbocycles. The van der Waals surface area contributed by atoms with Gasteiger partial charge in [-0.05, 0) is 41.5 Å². The molecule has 2 heterocycles. The van der Waals surface area contributed by atoms with E-state index in [1.54, 1.807) is 7.11 Å². The van der Waals surface area contributed by atoms with Crippen LogP contribution < -0.4 is 4.74 Å². The number of aryl methyl sites for hydroxylation is 1. The Bertz CT molecular complexity index is 890. The highest BCUT2D eigenvalue weighted by atomic mass is 16.5. The summed E-state index contributed by atoms with van der Waals surface area (Å²) in [5.41, 5.74) is 2.50. The largest absolute Gasteiger partial charge is 0.497 e. The molecule has 1 saturated heterocycles. The van der Waals surface area contributed by atoms with Gasteiger partial charge in [-0.3, -0.25) is 9.58 Å². The number of hydrogen-bond donors (Lipinski definition) is 0.